The first-order chi connectivity index (χ1) is 9.75. The maximum Gasteiger partial charge on any atom is 0.243 e. The zero-order valence-corrected chi connectivity index (χ0v) is 14.8. The second-order valence-electron chi connectivity index (χ2n) is 6.45. The molecule has 3 nitrogen and oxygen atoms in total. The fourth-order valence-electron chi connectivity index (χ4n) is 3.24. The summed E-state index contributed by atoms with van der Waals surface area (Å²) in [6.45, 7) is 9.27. The number of piperidine rings is 1. The van der Waals surface area contributed by atoms with Crippen LogP contribution >= 0.6 is 11.6 Å². The van der Waals surface area contributed by atoms with Crippen molar-refractivity contribution >= 4 is 21.6 Å². The number of nitrogens with zero attached hydrogens (tertiary/aromatic N) is 1. The van der Waals surface area contributed by atoms with Crippen molar-refractivity contribution in [2.24, 2.45) is 11.8 Å². The van der Waals surface area contributed by atoms with E-state index in [0.29, 0.717) is 35.7 Å². The molecule has 0 saturated carbocycles. The van der Waals surface area contributed by atoms with E-state index < -0.39 is 10.0 Å². The molecule has 1 heterocycles. The molecule has 0 amide bonds. The molecule has 118 valence electrons. The lowest BCUT2D eigenvalue weighted by Gasteiger charge is -2.34. The quantitative estimate of drug-likeness (QED) is 0.793. The van der Waals surface area contributed by atoms with Gasteiger partial charge >= 0.3 is 0 Å². The molecule has 2 unspecified atom stereocenters. The molecule has 2 rings (SSSR count). The fraction of sp³-hybridized carbons (Fsp3) is 0.625. The number of hydrogen-bond acceptors (Lipinski definition) is 2. The summed E-state index contributed by atoms with van der Waals surface area (Å²) in [5.74, 6) is 1.14. The SMILES string of the molecule is Cc1cc(C)c(S(=O)(=O)N2CC(C)CC(C)C2)cc1CCl. The summed E-state index contributed by atoms with van der Waals surface area (Å²) < 4.78 is 27.6. The topological polar surface area (TPSA) is 37.4 Å². The molecular weight excluding hydrogens is 306 g/mol. The molecule has 1 saturated heterocycles. The monoisotopic (exact) mass is 329 g/mol. The molecule has 1 aliphatic heterocycles. The van der Waals surface area contributed by atoms with Crippen molar-refractivity contribution in [3.05, 3.63) is 28.8 Å². The van der Waals surface area contributed by atoms with Gasteiger partial charge in [0.15, 0.2) is 0 Å². The van der Waals surface area contributed by atoms with Crippen molar-refractivity contribution in [2.45, 2.75) is 44.9 Å². The highest BCUT2D eigenvalue weighted by Crippen LogP contribution is 2.29. The van der Waals surface area contributed by atoms with Gasteiger partial charge in [0, 0.05) is 19.0 Å². The maximum absolute atomic E-state index is 13.0. The fourth-order valence-corrected chi connectivity index (χ4v) is 5.46. The van der Waals surface area contributed by atoms with Gasteiger partial charge in [-0.25, -0.2) is 8.42 Å². The van der Waals surface area contributed by atoms with Crippen molar-refractivity contribution < 1.29 is 8.42 Å². The Morgan fingerprint density at radius 1 is 1.14 bits per heavy atom. The van der Waals surface area contributed by atoms with E-state index in [9.17, 15) is 8.42 Å². The Morgan fingerprint density at radius 3 is 2.24 bits per heavy atom. The highest BCUT2D eigenvalue weighted by Gasteiger charge is 2.32. The van der Waals surface area contributed by atoms with Gasteiger partial charge in [-0.2, -0.15) is 4.31 Å². The summed E-state index contributed by atoms with van der Waals surface area (Å²) in [4.78, 5) is 0.407. The Morgan fingerprint density at radius 2 is 1.71 bits per heavy atom. The van der Waals surface area contributed by atoms with Gasteiger partial charge in [0.1, 0.15) is 0 Å². The summed E-state index contributed by atoms with van der Waals surface area (Å²) in [5, 5.41) is 0. The number of hydrogen-bond donors (Lipinski definition) is 0. The largest absolute Gasteiger partial charge is 0.243 e. The molecule has 5 heteroatoms. The van der Waals surface area contributed by atoms with E-state index in [4.69, 9.17) is 11.6 Å². The zero-order valence-electron chi connectivity index (χ0n) is 13.2. The molecule has 0 radical (unpaired) electrons. The van der Waals surface area contributed by atoms with Crippen molar-refractivity contribution in [1.29, 1.82) is 0 Å². The van der Waals surface area contributed by atoms with Gasteiger partial charge in [-0.15, -0.1) is 11.6 Å². The molecule has 0 N–H and O–H groups in total. The minimum absolute atomic E-state index is 0.335. The molecule has 0 bridgehead atoms. The zero-order chi connectivity index (χ0) is 15.8. The van der Waals surface area contributed by atoms with Crippen LogP contribution in [0.5, 0.6) is 0 Å². The third-order valence-electron chi connectivity index (χ3n) is 4.23. The van der Waals surface area contributed by atoms with Crippen LogP contribution in [0.25, 0.3) is 0 Å². The van der Waals surface area contributed by atoms with Gasteiger partial charge in [0.05, 0.1) is 4.90 Å². The molecule has 1 aromatic carbocycles. The van der Waals surface area contributed by atoms with E-state index in [1.807, 2.05) is 19.9 Å². The van der Waals surface area contributed by atoms with E-state index in [-0.39, 0.29) is 0 Å². The lowest BCUT2D eigenvalue weighted by atomic mass is 9.94. The van der Waals surface area contributed by atoms with E-state index >= 15 is 0 Å². The van der Waals surface area contributed by atoms with Crippen LogP contribution in [0.15, 0.2) is 17.0 Å². The average molecular weight is 330 g/mol. The van der Waals surface area contributed by atoms with Gasteiger partial charge in [0.25, 0.3) is 0 Å². The highest BCUT2D eigenvalue weighted by atomic mass is 35.5. The van der Waals surface area contributed by atoms with E-state index in [2.05, 4.69) is 13.8 Å². The number of benzene rings is 1. The van der Waals surface area contributed by atoms with Gasteiger partial charge in [-0.1, -0.05) is 19.9 Å². The molecular formula is C16H24ClNO2S. The van der Waals surface area contributed by atoms with Crippen LogP contribution in [-0.4, -0.2) is 25.8 Å². The summed E-state index contributed by atoms with van der Waals surface area (Å²) in [6.07, 6.45) is 1.09. The summed E-state index contributed by atoms with van der Waals surface area (Å²) in [7, 11) is -3.43. The van der Waals surface area contributed by atoms with Gasteiger partial charge in [-0.3, -0.25) is 0 Å². The van der Waals surface area contributed by atoms with Crippen LogP contribution in [0.3, 0.4) is 0 Å². The maximum atomic E-state index is 13.0. The number of sulfonamides is 1. The summed E-state index contributed by atoms with van der Waals surface area (Å²) in [6, 6.07) is 3.67. The van der Waals surface area contributed by atoms with Crippen molar-refractivity contribution in [2.75, 3.05) is 13.1 Å². The third kappa shape index (κ3) is 3.43. The van der Waals surface area contributed by atoms with E-state index in [0.717, 1.165) is 23.1 Å². The normalized spacial score (nSPS) is 24.2. The number of aryl methyl sites for hydroxylation is 2. The number of rotatable bonds is 3. The molecule has 1 fully saturated rings. The Kier molecular flexibility index (Phi) is 5.01. The van der Waals surface area contributed by atoms with Crippen LogP contribution in [0.1, 0.15) is 37.0 Å². The van der Waals surface area contributed by atoms with Gasteiger partial charge < -0.3 is 0 Å². The molecule has 0 aromatic heterocycles. The molecule has 1 aromatic rings. The van der Waals surface area contributed by atoms with E-state index in [1.165, 1.54) is 0 Å². The summed E-state index contributed by atoms with van der Waals surface area (Å²) >= 11 is 5.93. The molecule has 2 atom stereocenters. The van der Waals surface area contributed by atoms with Crippen LogP contribution in [-0.2, 0) is 15.9 Å². The van der Waals surface area contributed by atoms with Gasteiger partial charge in [-0.05, 0) is 54.9 Å². The summed E-state index contributed by atoms with van der Waals surface area (Å²) in [5.41, 5.74) is 2.73. The molecule has 0 aliphatic carbocycles. The van der Waals surface area contributed by atoms with Crippen LogP contribution in [0.4, 0.5) is 0 Å². The standard InChI is InChI=1S/C16H24ClNO2S/c1-11-5-12(2)10-18(9-11)21(19,20)16-7-15(8-17)13(3)6-14(16)4/h6-7,11-12H,5,8-10H2,1-4H3. The lowest BCUT2D eigenvalue weighted by molar-refractivity contribution is 0.222. The van der Waals surface area contributed by atoms with Crippen molar-refractivity contribution in [3.8, 4) is 0 Å². The highest BCUT2D eigenvalue weighted by molar-refractivity contribution is 7.89. The average Bonchev–Trinajstić information content (AvgIpc) is 2.37. The Bertz CT molecular complexity index is 617. The molecule has 21 heavy (non-hydrogen) atoms. The third-order valence-corrected chi connectivity index (χ3v) is 6.49. The number of halogens is 1. The number of alkyl halides is 1. The first-order valence-electron chi connectivity index (χ1n) is 7.42. The minimum atomic E-state index is -3.43. The predicted octanol–water partition coefficient (Wildman–Crippen LogP) is 3.71. The van der Waals surface area contributed by atoms with Crippen LogP contribution in [0, 0.1) is 25.7 Å². The predicted molar refractivity (Wildman–Crippen MR) is 87.2 cm³/mol. The minimum Gasteiger partial charge on any atom is -0.207 e. The first kappa shape index (κ1) is 16.8. The van der Waals surface area contributed by atoms with Crippen LogP contribution < -0.4 is 0 Å². The van der Waals surface area contributed by atoms with Gasteiger partial charge in [0.2, 0.25) is 10.0 Å². The smallest absolute Gasteiger partial charge is 0.207 e. The lowest BCUT2D eigenvalue weighted by Crippen LogP contribution is -2.42. The second-order valence-corrected chi connectivity index (χ2v) is 8.62. The Hall–Kier alpha value is -0.580. The Balaban J connectivity index is 2.44. The molecule has 0 spiro atoms. The Labute approximate surface area is 133 Å². The second kappa shape index (κ2) is 6.27. The van der Waals surface area contributed by atoms with Crippen LogP contribution in [0.2, 0.25) is 0 Å². The van der Waals surface area contributed by atoms with Crippen molar-refractivity contribution in [3.63, 3.8) is 0 Å². The van der Waals surface area contributed by atoms with E-state index in [1.54, 1.807) is 10.4 Å². The molecule has 1 aliphatic rings. The van der Waals surface area contributed by atoms with Crippen molar-refractivity contribution in [1.82, 2.24) is 4.31 Å². The first-order valence-corrected chi connectivity index (χ1v) is 9.39.